The molecule has 1 aliphatic heterocycles. The van der Waals surface area contributed by atoms with Crippen molar-refractivity contribution >= 4 is 0 Å². The van der Waals surface area contributed by atoms with Crippen molar-refractivity contribution in [1.29, 1.82) is 0 Å². The van der Waals surface area contributed by atoms with Crippen LogP contribution in [-0.4, -0.2) is 44.3 Å². The van der Waals surface area contributed by atoms with E-state index in [9.17, 15) is 4.39 Å². The van der Waals surface area contributed by atoms with Crippen molar-refractivity contribution in [2.24, 2.45) is 0 Å². The minimum atomic E-state index is -0.151. The summed E-state index contributed by atoms with van der Waals surface area (Å²) in [6.45, 7) is 4.02. The molecule has 1 aliphatic rings. The van der Waals surface area contributed by atoms with Crippen LogP contribution in [0.25, 0.3) is 0 Å². The summed E-state index contributed by atoms with van der Waals surface area (Å²) < 4.78 is 19.0. The van der Waals surface area contributed by atoms with Gasteiger partial charge < -0.3 is 15.0 Å². The van der Waals surface area contributed by atoms with E-state index in [4.69, 9.17) is 4.74 Å². The number of morpholine rings is 1. The van der Waals surface area contributed by atoms with E-state index >= 15 is 0 Å². The first-order valence-corrected chi connectivity index (χ1v) is 6.00. The number of nitrogens with zero attached hydrogens (tertiary/aromatic N) is 1. The summed E-state index contributed by atoms with van der Waals surface area (Å²) in [5.41, 5.74) is 0.705. The molecule has 0 aliphatic carbocycles. The molecule has 0 bridgehead atoms. The number of nitrogens with one attached hydrogen (secondary N) is 1. The maximum Gasteiger partial charge on any atom is 0.127 e. The quantitative estimate of drug-likeness (QED) is 0.854. The van der Waals surface area contributed by atoms with Crippen molar-refractivity contribution in [2.45, 2.75) is 12.6 Å². The largest absolute Gasteiger partial charge is 0.374 e. The number of halogens is 1. The monoisotopic (exact) mass is 238 g/mol. The van der Waals surface area contributed by atoms with Crippen LogP contribution in [0.2, 0.25) is 0 Å². The molecule has 1 aromatic rings. The highest BCUT2D eigenvalue weighted by atomic mass is 19.1. The van der Waals surface area contributed by atoms with Gasteiger partial charge in [-0.15, -0.1) is 0 Å². The van der Waals surface area contributed by atoms with Gasteiger partial charge in [0.2, 0.25) is 0 Å². The lowest BCUT2D eigenvalue weighted by atomic mass is 10.2. The molecule has 0 radical (unpaired) electrons. The van der Waals surface area contributed by atoms with Crippen LogP contribution in [0.3, 0.4) is 0 Å². The number of hydrogen-bond donors (Lipinski definition) is 1. The number of likely N-dealkylation sites (N-methyl/N-ethyl adjacent to an activating group) is 1. The number of rotatable bonds is 4. The maximum absolute atomic E-state index is 13.3. The van der Waals surface area contributed by atoms with Gasteiger partial charge in [0, 0.05) is 31.7 Å². The molecule has 1 aromatic carbocycles. The second kappa shape index (κ2) is 6.10. The average Bonchev–Trinajstić information content (AvgIpc) is 2.32. The fourth-order valence-electron chi connectivity index (χ4n) is 2.00. The summed E-state index contributed by atoms with van der Waals surface area (Å²) in [5, 5.41) is 3.24. The van der Waals surface area contributed by atoms with Gasteiger partial charge in [-0.1, -0.05) is 18.2 Å². The molecular formula is C13H19FN2O. The Morgan fingerprint density at radius 3 is 3.06 bits per heavy atom. The Hall–Kier alpha value is -0.970. The van der Waals surface area contributed by atoms with Gasteiger partial charge in [-0.3, -0.25) is 0 Å². The van der Waals surface area contributed by atoms with Crippen molar-refractivity contribution in [3.05, 3.63) is 35.6 Å². The zero-order chi connectivity index (χ0) is 12.1. The van der Waals surface area contributed by atoms with Crippen LogP contribution in [0.15, 0.2) is 24.3 Å². The first-order valence-electron chi connectivity index (χ1n) is 6.00. The van der Waals surface area contributed by atoms with E-state index in [-0.39, 0.29) is 11.9 Å². The van der Waals surface area contributed by atoms with Crippen molar-refractivity contribution in [3.8, 4) is 0 Å². The molecule has 1 fully saturated rings. The fourth-order valence-corrected chi connectivity index (χ4v) is 2.00. The van der Waals surface area contributed by atoms with Crippen LogP contribution < -0.4 is 5.32 Å². The molecule has 0 amide bonds. The van der Waals surface area contributed by atoms with Crippen LogP contribution in [0.5, 0.6) is 0 Å². The molecule has 1 heterocycles. The summed E-state index contributed by atoms with van der Waals surface area (Å²) >= 11 is 0. The van der Waals surface area contributed by atoms with E-state index in [1.165, 1.54) is 6.07 Å². The molecule has 0 unspecified atom stereocenters. The predicted octanol–water partition coefficient (Wildman–Crippen LogP) is 1.25. The zero-order valence-electron chi connectivity index (χ0n) is 10.2. The molecule has 17 heavy (non-hydrogen) atoms. The van der Waals surface area contributed by atoms with E-state index in [1.54, 1.807) is 12.1 Å². The Kier molecular flexibility index (Phi) is 4.48. The molecule has 1 saturated heterocycles. The highest BCUT2D eigenvalue weighted by Crippen LogP contribution is 2.06. The van der Waals surface area contributed by atoms with Gasteiger partial charge in [-0.05, 0) is 13.1 Å². The summed E-state index contributed by atoms with van der Waals surface area (Å²) in [6, 6.07) is 6.85. The second-order valence-electron chi connectivity index (χ2n) is 4.48. The normalized spacial score (nSPS) is 21.6. The first kappa shape index (κ1) is 12.5. The molecule has 1 atom stereocenters. The number of hydrogen-bond acceptors (Lipinski definition) is 3. The highest BCUT2D eigenvalue weighted by Gasteiger charge is 2.16. The summed E-state index contributed by atoms with van der Waals surface area (Å²) in [5.74, 6) is -0.151. The zero-order valence-corrected chi connectivity index (χ0v) is 10.2. The van der Waals surface area contributed by atoms with E-state index in [0.29, 0.717) is 12.1 Å². The van der Waals surface area contributed by atoms with Gasteiger partial charge in [0.25, 0.3) is 0 Å². The molecule has 0 aromatic heterocycles. The standard InChI is InChI=1S/C13H19FN2O/c1-16-6-7-17-12(10-16)9-15-8-11-4-2-3-5-13(11)14/h2-5,12,15H,6-10H2,1H3/t12-/m1/s1. The molecule has 2 rings (SSSR count). The summed E-state index contributed by atoms with van der Waals surface area (Å²) in [4.78, 5) is 2.25. The third kappa shape index (κ3) is 3.77. The molecule has 0 saturated carbocycles. The lowest BCUT2D eigenvalue weighted by molar-refractivity contribution is -0.0182. The van der Waals surface area contributed by atoms with Gasteiger partial charge in [-0.25, -0.2) is 4.39 Å². The summed E-state index contributed by atoms with van der Waals surface area (Å²) in [7, 11) is 2.09. The van der Waals surface area contributed by atoms with E-state index < -0.39 is 0 Å². The Bertz CT molecular complexity index is 359. The Balaban J connectivity index is 1.74. The van der Waals surface area contributed by atoms with Crippen LogP contribution in [0.4, 0.5) is 4.39 Å². The third-order valence-electron chi connectivity index (χ3n) is 2.99. The summed E-state index contributed by atoms with van der Waals surface area (Å²) in [6.07, 6.45) is 0.209. The SMILES string of the molecule is CN1CCO[C@H](CNCc2ccccc2F)C1. The number of ether oxygens (including phenoxy) is 1. The fraction of sp³-hybridized carbons (Fsp3) is 0.538. The van der Waals surface area contributed by atoms with Crippen LogP contribution in [0, 0.1) is 5.82 Å². The molecular weight excluding hydrogens is 219 g/mol. The van der Waals surface area contributed by atoms with Gasteiger partial charge in [0.05, 0.1) is 12.7 Å². The average molecular weight is 238 g/mol. The topological polar surface area (TPSA) is 24.5 Å². The van der Waals surface area contributed by atoms with Crippen molar-refractivity contribution < 1.29 is 9.13 Å². The third-order valence-corrected chi connectivity index (χ3v) is 2.99. The van der Waals surface area contributed by atoms with E-state index in [1.807, 2.05) is 6.07 Å². The first-order chi connectivity index (χ1) is 8.25. The number of benzene rings is 1. The molecule has 3 nitrogen and oxygen atoms in total. The van der Waals surface area contributed by atoms with E-state index in [0.717, 1.165) is 26.2 Å². The van der Waals surface area contributed by atoms with Crippen molar-refractivity contribution in [1.82, 2.24) is 10.2 Å². The van der Waals surface area contributed by atoms with Crippen molar-refractivity contribution in [2.75, 3.05) is 33.3 Å². The van der Waals surface area contributed by atoms with Gasteiger partial charge in [0.15, 0.2) is 0 Å². The second-order valence-corrected chi connectivity index (χ2v) is 4.48. The van der Waals surface area contributed by atoms with Gasteiger partial charge >= 0.3 is 0 Å². The lowest BCUT2D eigenvalue weighted by Gasteiger charge is -2.30. The predicted molar refractivity (Wildman–Crippen MR) is 65.3 cm³/mol. The smallest absolute Gasteiger partial charge is 0.127 e. The molecule has 0 spiro atoms. The Labute approximate surface area is 102 Å². The Morgan fingerprint density at radius 1 is 1.47 bits per heavy atom. The molecule has 1 N–H and O–H groups in total. The van der Waals surface area contributed by atoms with E-state index in [2.05, 4.69) is 17.3 Å². The minimum absolute atomic E-state index is 0.151. The highest BCUT2D eigenvalue weighted by molar-refractivity contribution is 5.16. The molecule has 4 heteroatoms. The Morgan fingerprint density at radius 2 is 2.29 bits per heavy atom. The van der Waals surface area contributed by atoms with Crippen LogP contribution in [-0.2, 0) is 11.3 Å². The van der Waals surface area contributed by atoms with Crippen molar-refractivity contribution in [3.63, 3.8) is 0 Å². The lowest BCUT2D eigenvalue weighted by Crippen LogP contribution is -2.44. The minimum Gasteiger partial charge on any atom is -0.374 e. The van der Waals surface area contributed by atoms with Gasteiger partial charge in [-0.2, -0.15) is 0 Å². The van der Waals surface area contributed by atoms with Gasteiger partial charge in [0.1, 0.15) is 5.82 Å². The molecule has 94 valence electrons. The maximum atomic E-state index is 13.3. The van der Waals surface area contributed by atoms with Crippen LogP contribution >= 0.6 is 0 Å². The van der Waals surface area contributed by atoms with Crippen LogP contribution in [0.1, 0.15) is 5.56 Å².